The minimum Gasteiger partial charge on any atom is -0.436 e. The average Bonchev–Trinajstić information content (AvgIpc) is 3.82. The highest BCUT2D eigenvalue weighted by molar-refractivity contribution is 6.16. The molecule has 0 bridgehead atoms. The quantitative estimate of drug-likeness (QED) is 0.176. The molecule has 0 saturated heterocycles. The predicted octanol–water partition coefficient (Wildman–Crippen LogP) is 11.4. The van der Waals surface area contributed by atoms with Crippen molar-refractivity contribution in [2.45, 2.75) is 0 Å². The third-order valence-corrected chi connectivity index (χ3v) is 9.49. The van der Waals surface area contributed by atoms with Crippen molar-refractivity contribution in [3.63, 3.8) is 0 Å². The van der Waals surface area contributed by atoms with Crippen molar-refractivity contribution in [2.24, 2.45) is 0 Å². The van der Waals surface area contributed by atoms with Crippen LogP contribution in [0.5, 0.6) is 0 Å². The molecule has 0 atom stereocenters. The number of fused-ring (bicyclic) bond motifs is 5. The lowest BCUT2D eigenvalue weighted by Crippen LogP contribution is -2.06. The van der Waals surface area contributed by atoms with Crippen LogP contribution in [0.2, 0.25) is 0 Å². The van der Waals surface area contributed by atoms with Crippen LogP contribution in [-0.4, -0.2) is 24.5 Å². The van der Waals surface area contributed by atoms with E-state index in [1.54, 1.807) is 0 Å². The normalized spacial score (nSPS) is 11.5. The first-order chi connectivity index (χ1) is 25.8. The van der Waals surface area contributed by atoms with Crippen molar-refractivity contribution >= 4 is 32.9 Å². The third kappa shape index (κ3) is 5.13. The number of hydrogen-bond acceptors (Lipinski definition) is 5. The minimum absolute atomic E-state index is 0.498. The van der Waals surface area contributed by atoms with Crippen molar-refractivity contribution in [2.75, 3.05) is 0 Å². The summed E-state index contributed by atoms with van der Waals surface area (Å²) in [6.45, 7) is 0. The van der Waals surface area contributed by atoms with Crippen LogP contribution in [0.15, 0.2) is 180 Å². The van der Waals surface area contributed by atoms with E-state index in [0.29, 0.717) is 29.1 Å². The van der Waals surface area contributed by atoms with Gasteiger partial charge in [-0.15, -0.1) is 0 Å². The van der Waals surface area contributed by atoms with Gasteiger partial charge in [-0.2, -0.15) is 9.97 Å². The molecular weight excluding hydrogens is 639 g/mol. The summed E-state index contributed by atoms with van der Waals surface area (Å²) in [6, 6.07) is 59.9. The second kappa shape index (κ2) is 12.3. The van der Waals surface area contributed by atoms with E-state index in [-0.39, 0.29) is 0 Å². The van der Waals surface area contributed by atoms with Crippen LogP contribution in [0, 0.1) is 0 Å². The molecule has 0 aliphatic carbocycles. The lowest BCUT2D eigenvalue weighted by atomic mass is 10.0. The molecule has 10 rings (SSSR count). The first kappa shape index (κ1) is 29.7. The maximum Gasteiger partial charge on any atom is 0.238 e. The molecule has 7 aromatic carbocycles. The molecule has 0 radical (unpaired) electrons. The summed E-state index contributed by atoms with van der Waals surface area (Å²) in [5, 5.41) is 2.11. The van der Waals surface area contributed by atoms with Gasteiger partial charge in [0.1, 0.15) is 5.52 Å². The molecule has 0 amide bonds. The van der Waals surface area contributed by atoms with E-state index >= 15 is 0 Å². The highest BCUT2D eigenvalue weighted by Crippen LogP contribution is 2.38. The number of nitrogens with zero attached hydrogens (tertiary/aromatic N) is 5. The molecule has 0 unspecified atom stereocenters. The maximum absolute atomic E-state index is 6.37. The monoisotopic (exact) mass is 667 g/mol. The van der Waals surface area contributed by atoms with Crippen molar-refractivity contribution in [3.8, 4) is 62.4 Å². The van der Waals surface area contributed by atoms with Gasteiger partial charge in [0.15, 0.2) is 17.2 Å². The van der Waals surface area contributed by atoms with Gasteiger partial charge in [-0.05, 0) is 64.7 Å². The SMILES string of the molecule is c1ccc(-c2cccc(-c3nc(-c4cccc(-c5ccccc5)c4)nc(-n4c5ccccc5c5ccc6oc(-c7ccccc7)nc6c54)n3)c2)cc1. The maximum atomic E-state index is 6.37. The standard InChI is InChI=1S/C46H29N5O/c1-4-14-30(15-5-1)33-20-12-22-35(28-33)43-48-44(36-23-13-21-34(29-36)31-16-6-2-7-17-31)50-46(49-43)51-39-25-11-10-24-37(39)38-26-27-40-41(42(38)51)47-45(52-40)32-18-8-3-9-19-32/h1-29H. The number of para-hydroxylation sites is 1. The Labute approximate surface area is 299 Å². The van der Waals surface area contributed by atoms with E-state index < -0.39 is 0 Å². The lowest BCUT2D eigenvalue weighted by Gasteiger charge is -2.12. The average molecular weight is 668 g/mol. The number of benzene rings is 7. The van der Waals surface area contributed by atoms with Crippen LogP contribution in [0.25, 0.3) is 95.3 Å². The lowest BCUT2D eigenvalue weighted by molar-refractivity contribution is 0.620. The Bertz CT molecular complexity index is 2800. The number of aromatic nitrogens is 5. The van der Waals surface area contributed by atoms with Gasteiger partial charge in [-0.3, -0.25) is 4.57 Å². The Hall–Kier alpha value is -7.18. The summed E-state index contributed by atoms with van der Waals surface area (Å²) >= 11 is 0. The van der Waals surface area contributed by atoms with Crippen LogP contribution < -0.4 is 0 Å². The highest BCUT2D eigenvalue weighted by atomic mass is 16.3. The van der Waals surface area contributed by atoms with Crippen molar-refractivity contribution < 1.29 is 4.42 Å². The molecule has 0 aliphatic heterocycles. The van der Waals surface area contributed by atoms with Gasteiger partial charge in [0.2, 0.25) is 11.8 Å². The van der Waals surface area contributed by atoms with Crippen LogP contribution in [0.3, 0.4) is 0 Å². The summed E-state index contributed by atoms with van der Waals surface area (Å²) < 4.78 is 8.48. The summed E-state index contributed by atoms with van der Waals surface area (Å²) in [7, 11) is 0. The second-order valence-electron chi connectivity index (χ2n) is 12.7. The first-order valence-electron chi connectivity index (χ1n) is 17.2. The third-order valence-electron chi connectivity index (χ3n) is 9.49. The first-order valence-corrected chi connectivity index (χ1v) is 17.2. The molecule has 0 saturated carbocycles. The van der Waals surface area contributed by atoms with Crippen LogP contribution in [-0.2, 0) is 0 Å². The van der Waals surface area contributed by atoms with Gasteiger partial charge < -0.3 is 4.42 Å². The highest BCUT2D eigenvalue weighted by Gasteiger charge is 2.22. The smallest absolute Gasteiger partial charge is 0.238 e. The van der Waals surface area contributed by atoms with Crippen molar-refractivity contribution in [1.29, 1.82) is 0 Å². The topological polar surface area (TPSA) is 69.6 Å². The molecule has 3 heterocycles. The molecular formula is C46H29N5O. The zero-order valence-electron chi connectivity index (χ0n) is 27.9. The fraction of sp³-hybridized carbons (Fsp3) is 0. The predicted molar refractivity (Wildman–Crippen MR) is 209 cm³/mol. The molecule has 6 nitrogen and oxygen atoms in total. The Morgan fingerprint density at radius 2 is 0.904 bits per heavy atom. The molecule has 0 fully saturated rings. The Balaban J connectivity index is 1.25. The largest absolute Gasteiger partial charge is 0.436 e. The Kier molecular flexibility index (Phi) is 7.03. The molecule has 0 spiro atoms. The fourth-order valence-corrected chi connectivity index (χ4v) is 7.01. The van der Waals surface area contributed by atoms with Crippen LogP contribution >= 0.6 is 0 Å². The molecule has 244 valence electrons. The van der Waals surface area contributed by atoms with Crippen LogP contribution in [0.4, 0.5) is 0 Å². The van der Waals surface area contributed by atoms with E-state index in [1.807, 2.05) is 54.6 Å². The van der Waals surface area contributed by atoms with Gasteiger partial charge in [0, 0.05) is 27.5 Å². The van der Waals surface area contributed by atoms with Crippen molar-refractivity contribution in [3.05, 3.63) is 176 Å². The molecule has 52 heavy (non-hydrogen) atoms. The molecule has 0 N–H and O–H groups in total. The van der Waals surface area contributed by atoms with Gasteiger partial charge in [-0.1, -0.05) is 133 Å². The summed E-state index contributed by atoms with van der Waals surface area (Å²) in [5.74, 6) is 2.21. The van der Waals surface area contributed by atoms with E-state index in [0.717, 1.165) is 66.3 Å². The van der Waals surface area contributed by atoms with E-state index in [1.165, 1.54) is 0 Å². The van der Waals surface area contributed by atoms with E-state index in [9.17, 15) is 0 Å². The van der Waals surface area contributed by atoms with Gasteiger partial charge >= 0.3 is 0 Å². The molecule has 6 heteroatoms. The molecule has 0 aliphatic rings. The fourth-order valence-electron chi connectivity index (χ4n) is 7.01. The summed E-state index contributed by atoms with van der Waals surface area (Å²) in [6.07, 6.45) is 0. The zero-order chi connectivity index (χ0) is 34.4. The Morgan fingerprint density at radius 3 is 1.52 bits per heavy atom. The van der Waals surface area contributed by atoms with Gasteiger partial charge in [-0.25, -0.2) is 9.97 Å². The molecule has 3 aromatic heterocycles. The number of hydrogen-bond donors (Lipinski definition) is 0. The van der Waals surface area contributed by atoms with Crippen LogP contribution in [0.1, 0.15) is 0 Å². The summed E-state index contributed by atoms with van der Waals surface area (Å²) in [5.41, 5.74) is 10.4. The zero-order valence-corrected chi connectivity index (χ0v) is 27.9. The number of oxazole rings is 1. The van der Waals surface area contributed by atoms with Gasteiger partial charge in [0.25, 0.3) is 0 Å². The minimum atomic E-state index is 0.498. The molecule has 10 aromatic rings. The Morgan fingerprint density at radius 1 is 0.385 bits per heavy atom. The number of rotatable bonds is 6. The van der Waals surface area contributed by atoms with E-state index in [4.69, 9.17) is 24.4 Å². The van der Waals surface area contributed by atoms with Crippen molar-refractivity contribution in [1.82, 2.24) is 24.5 Å². The van der Waals surface area contributed by atoms with Gasteiger partial charge in [0.05, 0.1) is 11.0 Å². The second-order valence-corrected chi connectivity index (χ2v) is 12.7. The van der Waals surface area contributed by atoms with E-state index in [2.05, 4.69) is 126 Å². The summed E-state index contributed by atoms with van der Waals surface area (Å²) in [4.78, 5) is 20.7.